The van der Waals surface area contributed by atoms with Crippen molar-refractivity contribution in [1.29, 1.82) is 0 Å². The second-order valence-electron chi connectivity index (χ2n) is 10.5. The summed E-state index contributed by atoms with van der Waals surface area (Å²) in [5, 5.41) is 4.34. The molecule has 184 valence electrons. The van der Waals surface area contributed by atoms with Crippen molar-refractivity contribution in [2.24, 2.45) is 0 Å². The third-order valence-corrected chi connectivity index (χ3v) is 8.16. The molecule has 3 aliphatic rings. The Bertz CT molecular complexity index is 1230. The minimum atomic E-state index is -0.997. The molecule has 1 aromatic carbocycles. The zero-order valence-corrected chi connectivity index (χ0v) is 20.4. The number of fused-ring (bicyclic) bond motifs is 3. The molecule has 4 heterocycles. The van der Waals surface area contributed by atoms with Crippen molar-refractivity contribution in [2.75, 3.05) is 13.2 Å². The van der Waals surface area contributed by atoms with E-state index in [1.165, 1.54) is 6.42 Å². The van der Waals surface area contributed by atoms with Crippen LogP contribution in [-0.2, 0) is 16.1 Å². The highest BCUT2D eigenvalue weighted by Gasteiger charge is 2.50. The highest BCUT2D eigenvalue weighted by molar-refractivity contribution is 6.09. The molecule has 2 atom stereocenters. The number of carbonyl (C=O) groups is 2. The summed E-state index contributed by atoms with van der Waals surface area (Å²) in [7, 11) is 0. The smallest absolute Gasteiger partial charge is 0.273 e. The van der Waals surface area contributed by atoms with Gasteiger partial charge in [0, 0.05) is 37.0 Å². The number of para-hydroxylation sites is 1. The van der Waals surface area contributed by atoms with Gasteiger partial charge in [-0.05, 0) is 50.8 Å². The third kappa shape index (κ3) is 3.77. The van der Waals surface area contributed by atoms with E-state index < -0.39 is 5.54 Å². The van der Waals surface area contributed by atoms with Gasteiger partial charge in [-0.25, -0.2) is 0 Å². The Morgan fingerprint density at radius 3 is 2.57 bits per heavy atom. The quantitative estimate of drug-likeness (QED) is 0.600. The fraction of sp³-hybridized carbons (Fsp3) is 0.500. The van der Waals surface area contributed by atoms with Crippen LogP contribution in [0, 0.1) is 0 Å². The molecule has 1 aliphatic carbocycles. The molecule has 35 heavy (non-hydrogen) atoms. The SMILES string of the molecule is C[C@@]1(C(=O)NC2CCCCC2)Cn2c(c(-n3cccc3)c3ccccc32)C(=O)N1C[C@@H]1CCCO1. The van der Waals surface area contributed by atoms with Gasteiger partial charge >= 0.3 is 0 Å². The second kappa shape index (κ2) is 8.86. The van der Waals surface area contributed by atoms with Crippen LogP contribution in [0.5, 0.6) is 0 Å². The van der Waals surface area contributed by atoms with Gasteiger partial charge in [0.05, 0.1) is 23.9 Å². The van der Waals surface area contributed by atoms with Gasteiger partial charge in [-0.3, -0.25) is 9.59 Å². The molecule has 7 heteroatoms. The normalized spacial score (nSPS) is 25.2. The molecule has 2 fully saturated rings. The lowest BCUT2D eigenvalue weighted by atomic mass is 9.91. The van der Waals surface area contributed by atoms with Gasteiger partial charge in [-0.1, -0.05) is 37.5 Å². The van der Waals surface area contributed by atoms with Crippen molar-refractivity contribution in [1.82, 2.24) is 19.4 Å². The Kier molecular flexibility index (Phi) is 5.67. The third-order valence-electron chi connectivity index (χ3n) is 8.16. The summed E-state index contributed by atoms with van der Waals surface area (Å²) in [5.74, 6) is -0.158. The van der Waals surface area contributed by atoms with E-state index in [9.17, 15) is 9.59 Å². The Morgan fingerprint density at radius 1 is 1.06 bits per heavy atom. The van der Waals surface area contributed by atoms with E-state index in [1.807, 2.05) is 59.1 Å². The molecule has 1 saturated carbocycles. The first-order valence-electron chi connectivity index (χ1n) is 13.1. The first-order valence-corrected chi connectivity index (χ1v) is 13.1. The number of nitrogens with zero attached hydrogens (tertiary/aromatic N) is 3. The largest absolute Gasteiger partial charge is 0.376 e. The van der Waals surface area contributed by atoms with Crippen LogP contribution in [0.1, 0.15) is 62.4 Å². The van der Waals surface area contributed by atoms with Crippen LogP contribution in [0.2, 0.25) is 0 Å². The van der Waals surface area contributed by atoms with Crippen LogP contribution >= 0.6 is 0 Å². The van der Waals surface area contributed by atoms with Gasteiger partial charge in [0.2, 0.25) is 5.91 Å². The van der Waals surface area contributed by atoms with Gasteiger partial charge in [0.1, 0.15) is 11.2 Å². The molecule has 2 aliphatic heterocycles. The highest BCUT2D eigenvalue weighted by Crippen LogP contribution is 2.38. The Balaban J connectivity index is 1.46. The number of benzene rings is 1. The maximum absolute atomic E-state index is 14.4. The van der Waals surface area contributed by atoms with E-state index in [-0.39, 0.29) is 24.0 Å². The first-order chi connectivity index (χ1) is 17.1. The number of ether oxygens (including phenoxy) is 1. The summed E-state index contributed by atoms with van der Waals surface area (Å²) in [4.78, 5) is 30.1. The minimum absolute atomic E-state index is 0.0355. The molecule has 0 radical (unpaired) electrons. The van der Waals surface area contributed by atoms with Crippen LogP contribution in [0.4, 0.5) is 0 Å². The molecular weight excluding hydrogens is 440 g/mol. The summed E-state index contributed by atoms with van der Waals surface area (Å²) in [5.41, 5.74) is 1.50. The van der Waals surface area contributed by atoms with Crippen molar-refractivity contribution in [2.45, 2.75) is 76.1 Å². The highest BCUT2D eigenvalue weighted by atomic mass is 16.5. The molecule has 0 bridgehead atoms. The van der Waals surface area contributed by atoms with Crippen molar-refractivity contribution in [3.05, 3.63) is 54.5 Å². The van der Waals surface area contributed by atoms with Crippen molar-refractivity contribution in [3.63, 3.8) is 0 Å². The average molecular weight is 475 g/mol. The Morgan fingerprint density at radius 2 is 1.83 bits per heavy atom. The minimum Gasteiger partial charge on any atom is -0.376 e. The molecule has 2 amide bonds. The van der Waals surface area contributed by atoms with E-state index in [0.29, 0.717) is 25.4 Å². The second-order valence-corrected chi connectivity index (χ2v) is 10.5. The fourth-order valence-electron chi connectivity index (χ4n) is 6.21. The maximum atomic E-state index is 14.4. The maximum Gasteiger partial charge on any atom is 0.273 e. The molecule has 0 unspecified atom stereocenters. The number of rotatable bonds is 5. The Hall–Kier alpha value is -3.06. The van der Waals surface area contributed by atoms with Gasteiger partial charge in [-0.2, -0.15) is 0 Å². The number of hydrogen-bond donors (Lipinski definition) is 1. The Labute approximate surface area is 206 Å². The molecule has 7 nitrogen and oxygen atoms in total. The van der Waals surface area contributed by atoms with Crippen molar-refractivity contribution >= 4 is 22.7 Å². The predicted octanol–water partition coefficient (Wildman–Crippen LogP) is 4.27. The lowest BCUT2D eigenvalue weighted by molar-refractivity contribution is -0.134. The molecule has 3 aromatic rings. The van der Waals surface area contributed by atoms with Crippen LogP contribution in [-0.4, -0.2) is 56.7 Å². The molecule has 0 spiro atoms. The van der Waals surface area contributed by atoms with E-state index in [4.69, 9.17) is 4.74 Å². The zero-order chi connectivity index (χ0) is 24.0. The summed E-state index contributed by atoms with van der Waals surface area (Å²) in [6, 6.07) is 12.2. The molecule has 1 saturated heterocycles. The lowest BCUT2D eigenvalue weighted by Gasteiger charge is -2.45. The standard InChI is InChI=1S/C28H34N4O3/c1-28(27(34)29-20-10-3-2-4-11-20)19-31-23-14-6-5-13-22(23)24(30-15-7-8-16-30)25(31)26(33)32(28)18-21-12-9-17-35-21/h5-8,13-16,20-21H,2-4,9-12,17-19H2,1H3,(H,29,34)/t21-,28-/m0/s1. The number of carbonyl (C=O) groups excluding carboxylic acids is 2. The van der Waals surface area contributed by atoms with Crippen LogP contribution in [0.3, 0.4) is 0 Å². The summed E-state index contributed by atoms with van der Waals surface area (Å²) >= 11 is 0. The van der Waals surface area contributed by atoms with Gasteiger partial charge in [0.25, 0.3) is 5.91 Å². The van der Waals surface area contributed by atoms with Crippen LogP contribution in [0.15, 0.2) is 48.8 Å². The fourth-order valence-corrected chi connectivity index (χ4v) is 6.21. The van der Waals surface area contributed by atoms with Gasteiger partial charge in [-0.15, -0.1) is 0 Å². The topological polar surface area (TPSA) is 68.5 Å². The molecular formula is C28H34N4O3. The predicted molar refractivity (Wildman–Crippen MR) is 135 cm³/mol. The first kappa shape index (κ1) is 22.4. The van der Waals surface area contributed by atoms with Gasteiger partial charge in [0.15, 0.2) is 0 Å². The monoisotopic (exact) mass is 474 g/mol. The van der Waals surface area contributed by atoms with E-state index in [1.54, 1.807) is 0 Å². The summed E-state index contributed by atoms with van der Waals surface area (Å²) < 4.78 is 10.0. The lowest BCUT2D eigenvalue weighted by Crippen LogP contribution is -2.66. The van der Waals surface area contributed by atoms with E-state index in [2.05, 4.69) is 16.0 Å². The number of aromatic nitrogens is 2. The zero-order valence-electron chi connectivity index (χ0n) is 20.4. The molecule has 2 aromatic heterocycles. The summed E-state index contributed by atoms with van der Waals surface area (Å²) in [6.45, 7) is 3.50. The number of nitrogens with one attached hydrogen (secondary N) is 1. The van der Waals surface area contributed by atoms with Gasteiger partial charge < -0.3 is 24.1 Å². The number of hydrogen-bond acceptors (Lipinski definition) is 3. The number of amides is 2. The molecule has 1 N–H and O–H groups in total. The van der Waals surface area contributed by atoms with E-state index >= 15 is 0 Å². The molecule has 6 rings (SSSR count). The van der Waals surface area contributed by atoms with Crippen molar-refractivity contribution in [3.8, 4) is 5.69 Å². The van der Waals surface area contributed by atoms with E-state index in [0.717, 1.165) is 55.1 Å². The van der Waals surface area contributed by atoms with Crippen LogP contribution < -0.4 is 5.32 Å². The average Bonchev–Trinajstić information content (AvgIpc) is 3.63. The summed E-state index contributed by atoms with van der Waals surface area (Å²) in [6.07, 6.45) is 11.4. The van der Waals surface area contributed by atoms with Crippen LogP contribution in [0.25, 0.3) is 16.6 Å². The van der Waals surface area contributed by atoms with Crippen molar-refractivity contribution < 1.29 is 14.3 Å².